The van der Waals surface area contributed by atoms with Crippen LogP contribution < -0.4 is 10.1 Å². The highest BCUT2D eigenvalue weighted by Crippen LogP contribution is 2.33. The van der Waals surface area contributed by atoms with E-state index in [0.29, 0.717) is 12.1 Å². The number of benzene rings is 1. The summed E-state index contributed by atoms with van der Waals surface area (Å²) < 4.78 is 5.68. The Morgan fingerprint density at radius 3 is 2.71 bits per heavy atom. The zero-order chi connectivity index (χ0) is 12.5. The summed E-state index contributed by atoms with van der Waals surface area (Å²) in [5.74, 6) is 1.04. The van der Waals surface area contributed by atoms with Gasteiger partial charge in [0, 0.05) is 24.1 Å². The summed E-state index contributed by atoms with van der Waals surface area (Å²) in [7, 11) is 0. The number of fused-ring (bicyclic) bond motifs is 1. The number of rotatable bonds is 2. The van der Waals surface area contributed by atoms with Gasteiger partial charge in [0.2, 0.25) is 0 Å². The van der Waals surface area contributed by atoms with Crippen LogP contribution in [0.25, 0.3) is 0 Å². The highest BCUT2D eigenvalue weighted by molar-refractivity contribution is 5.37. The van der Waals surface area contributed by atoms with Crippen molar-refractivity contribution in [3.05, 3.63) is 29.8 Å². The fourth-order valence-corrected chi connectivity index (χ4v) is 2.07. The van der Waals surface area contributed by atoms with Crippen LogP contribution in [0.3, 0.4) is 0 Å². The van der Waals surface area contributed by atoms with Gasteiger partial charge in [-0.1, -0.05) is 39.0 Å². The first-order valence-electron chi connectivity index (χ1n) is 6.46. The van der Waals surface area contributed by atoms with Gasteiger partial charge in [0.15, 0.2) is 0 Å². The average Bonchev–Trinajstić information content (AvgIpc) is 2.28. The minimum absolute atomic E-state index is 0.285. The number of hydrogen-bond acceptors (Lipinski definition) is 2. The van der Waals surface area contributed by atoms with Crippen LogP contribution in [0.2, 0.25) is 0 Å². The molecule has 0 bridgehead atoms. The molecule has 0 saturated carbocycles. The molecule has 1 aromatic carbocycles. The molecule has 0 radical (unpaired) electrons. The van der Waals surface area contributed by atoms with Gasteiger partial charge in [-0.15, -0.1) is 0 Å². The molecule has 1 aromatic rings. The fourth-order valence-electron chi connectivity index (χ4n) is 2.07. The van der Waals surface area contributed by atoms with Gasteiger partial charge in [0.25, 0.3) is 0 Å². The monoisotopic (exact) mass is 233 g/mol. The Kier molecular flexibility index (Phi) is 3.43. The van der Waals surface area contributed by atoms with Crippen LogP contribution in [-0.2, 0) is 0 Å². The van der Waals surface area contributed by atoms with E-state index in [0.717, 1.165) is 18.8 Å². The molecule has 2 unspecified atom stereocenters. The molecule has 0 saturated heterocycles. The van der Waals surface area contributed by atoms with E-state index in [1.807, 2.05) is 6.07 Å². The molecule has 1 aliphatic heterocycles. The predicted octanol–water partition coefficient (Wildman–Crippen LogP) is 3.53. The van der Waals surface area contributed by atoms with Gasteiger partial charge in [0.1, 0.15) is 5.75 Å². The van der Waals surface area contributed by atoms with E-state index in [-0.39, 0.29) is 5.41 Å². The van der Waals surface area contributed by atoms with Gasteiger partial charge in [-0.2, -0.15) is 0 Å². The third-order valence-corrected chi connectivity index (χ3v) is 3.71. The number of nitrogens with one attached hydrogen (secondary N) is 1. The van der Waals surface area contributed by atoms with E-state index in [1.54, 1.807) is 0 Å². The Hall–Kier alpha value is -1.02. The lowest BCUT2D eigenvalue weighted by Crippen LogP contribution is -2.41. The van der Waals surface area contributed by atoms with Crippen molar-refractivity contribution < 1.29 is 4.74 Å². The van der Waals surface area contributed by atoms with Crippen molar-refractivity contribution in [2.75, 3.05) is 6.61 Å². The van der Waals surface area contributed by atoms with Crippen LogP contribution >= 0.6 is 0 Å². The molecule has 0 aliphatic carbocycles. The molecule has 2 rings (SSSR count). The molecule has 94 valence electrons. The molecule has 1 N–H and O–H groups in total. The Balaban J connectivity index is 2.14. The van der Waals surface area contributed by atoms with Gasteiger partial charge in [-0.05, 0) is 18.4 Å². The first-order chi connectivity index (χ1) is 7.98. The largest absolute Gasteiger partial charge is 0.493 e. The maximum atomic E-state index is 5.68. The maximum Gasteiger partial charge on any atom is 0.124 e. The van der Waals surface area contributed by atoms with Crippen molar-refractivity contribution in [1.82, 2.24) is 5.32 Å². The van der Waals surface area contributed by atoms with E-state index >= 15 is 0 Å². The SMILES string of the molecule is CC(NC1CCOc2ccccc21)C(C)(C)C. The quantitative estimate of drug-likeness (QED) is 0.843. The van der Waals surface area contributed by atoms with E-state index in [4.69, 9.17) is 4.74 Å². The minimum atomic E-state index is 0.285. The second-order valence-electron chi connectivity index (χ2n) is 5.98. The summed E-state index contributed by atoms with van der Waals surface area (Å²) in [5.41, 5.74) is 1.59. The van der Waals surface area contributed by atoms with Crippen LogP contribution in [0.5, 0.6) is 5.75 Å². The van der Waals surface area contributed by atoms with Crippen molar-refractivity contribution in [2.24, 2.45) is 5.41 Å². The van der Waals surface area contributed by atoms with Crippen molar-refractivity contribution >= 4 is 0 Å². The number of hydrogen-bond donors (Lipinski definition) is 1. The third-order valence-electron chi connectivity index (χ3n) is 3.71. The molecule has 0 amide bonds. The standard InChI is InChI=1S/C15H23NO/c1-11(15(2,3)4)16-13-9-10-17-14-8-6-5-7-12(13)14/h5-8,11,13,16H,9-10H2,1-4H3. The van der Waals surface area contributed by atoms with Crippen molar-refractivity contribution in [3.8, 4) is 5.75 Å². The van der Waals surface area contributed by atoms with Crippen molar-refractivity contribution in [1.29, 1.82) is 0 Å². The zero-order valence-corrected chi connectivity index (χ0v) is 11.3. The molecule has 2 heteroatoms. The summed E-state index contributed by atoms with van der Waals surface area (Å²) in [6.45, 7) is 9.89. The molecule has 17 heavy (non-hydrogen) atoms. The highest BCUT2D eigenvalue weighted by atomic mass is 16.5. The highest BCUT2D eigenvalue weighted by Gasteiger charge is 2.26. The van der Waals surface area contributed by atoms with E-state index in [1.165, 1.54) is 5.56 Å². The van der Waals surface area contributed by atoms with Crippen LogP contribution in [0.4, 0.5) is 0 Å². The molecule has 1 heterocycles. The number of ether oxygens (including phenoxy) is 1. The van der Waals surface area contributed by atoms with Crippen LogP contribution in [0.1, 0.15) is 45.7 Å². The van der Waals surface area contributed by atoms with E-state index < -0.39 is 0 Å². The normalized spacial score (nSPS) is 21.5. The Morgan fingerprint density at radius 2 is 2.00 bits per heavy atom. The van der Waals surface area contributed by atoms with Crippen LogP contribution in [0, 0.1) is 5.41 Å². The summed E-state index contributed by atoms with van der Waals surface area (Å²) >= 11 is 0. The molecule has 0 fully saturated rings. The van der Waals surface area contributed by atoms with Crippen LogP contribution in [0.15, 0.2) is 24.3 Å². The second-order valence-corrected chi connectivity index (χ2v) is 5.98. The van der Waals surface area contributed by atoms with Gasteiger partial charge < -0.3 is 10.1 Å². The summed E-state index contributed by atoms with van der Waals surface area (Å²) in [6.07, 6.45) is 1.05. The van der Waals surface area contributed by atoms with E-state index in [9.17, 15) is 0 Å². The van der Waals surface area contributed by atoms with Gasteiger partial charge in [-0.25, -0.2) is 0 Å². The smallest absolute Gasteiger partial charge is 0.124 e. The number of para-hydroxylation sites is 1. The second kappa shape index (κ2) is 4.69. The topological polar surface area (TPSA) is 21.3 Å². The molecular formula is C15H23NO. The molecule has 0 aromatic heterocycles. The first kappa shape index (κ1) is 12.4. The summed E-state index contributed by atoms with van der Waals surface area (Å²) in [5, 5.41) is 3.73. The summed E-state index contributed by atoms with van der Waals surface area (Å²) in [4.78, 5) is 0. The molecule has 2 atom stereocenters. The molecule has 1 aliphatic rings. The predicted molar refractivity (Wildman–Crippen MR) is 71.3 cm³/mol. The molecular weight excluding hydrogens is 210 g/mol. The lowest BCUT2D eigenvalue weighted by molar-refractivity contribution is 0.210. The lowest BCUT2D eigenvalue weighted by Gasteiger charge is -2.35. The summed E-state index contributed by atoms with van der Waals surface area (Å²) in [6, 6.07) is 9.26. The van der Waals surface area contributed by atoms with E-state index in [2.05, 4.69) is 51.2 Å². The Morgan fingerprint density at radius 1 is 1.29 bits per heavy atom. The third kappa shape index (κ3) is 2.81. The zero-order valence-electron chi connectivity index (χ0n) is 11.3. The van der Waals surface area contributed by atoms with Crippen molar-refractivity contribution in [2.45, 2.75) is 46.2 Å². The van der Waals surface area contributed by atoms with Gasteiger partial charge in [-0.3, -0.25) is 0 Å². The lowest BCUT2D eigenvalue weighted by atomic mass is 9.86. The minimum Gasteiger partial charge on any atom is -0.493 e. The maximum absolute atomic E-state index is 5.68. The Bertz CT molecular complexity index is 381. The van der Waals surface area contributed by atoms with Gasteiger partial charge >= 0.3 is 0 Å². The molecule has 0 spiro atoms. The first-order valence-corrected chi connectivity index (χ1v) is 6.46. The van der Waals surface area contributed by atoms with Crippen molar-refractivity contribution in [3.63, 3.8) is 0 Å². The fraction of sp³-hybridized carbons (Fsp3) is 0.600. The molecule has 2 nitrogen and oxygen atoms in total. The average molecular weight is 233 g/mol. The van der Waals surface area contributed by atoms with Crippen LogP contribution in [-0.4, -0.2) is 12.6 Å². The van der Waals surface area contributed by atoms with Gasteiger partial charge in [0.05, 0.1) is 6.61 Å². The Labute approximate surface area is 104 Å².